The molecule has 0 aliphatic rings. The van der Waals surface area contributed by atoms with Crippen LogP contribution in [0.25, 0.3) is 11.5 Å². The minimum atomic E-state index is -1.97. The molecule has 0 bridgehead atoms. The predicted octanol–water partition coefficient (Wildman–Crippen LogP) is 4.59. The van der Waals surface area contributed by atoms with E-state index in [2.05, 4.69) is 0 Å². The summed E-state index contributed by atoms with van der Waals surface area (Å²) in [6.07, 6.45) is 0. The minimum absolute atomic E-state index is 0.175. The van der Waals surface area contributed by atoms with Crippen LogP contribution < -0.4 is 10.4 Å². The van der Waals surface area contributed by atoms with Crippen molar-refractivity contribution in [2.24, 2.45) is 0 Å². The van der Waals surface area contributed by atoms with Gasteiger partial charge in [0.15, 0.2) is 17.3 Å². The number of hydrogen-bond acceptors (Lipinski definition) is 5. The summed E-state index contributed by atoms with van der Waals surface area (Å²) in [5, 5.41) is 0. The SMILES string of the molecule is COC(=C(OC)c1ccc(=O)oc1C(Cl)(Cl)Cl)c1ccccc1OC. The quantitative estimate of drug-likeness (QED) is 0.538. The molecular weight excluding hydrogens is 391 g/mol. The van der Waals surface area contributed by atoms with Gasteiger partial charge in [-0.3, -0.25) is 0 Å². The molecule has 0 aliphatic carbocycles. The van der Waals surface area contributed by atoms with Crippen LogP contribution in [0.2, 0.25) is 0 Å². The summed E-state index contributed by atoms with van der Waals surface area (Å²) in [4.78, 5) is 11.6. The van der Waals surface area contributed by atoms with Crippen LogP contribution in [0.15, 0.2) is 45.6 Å². The van der Waals surface area contributed by atoms with Crippen molar-refractivity contribution in [1.29, 1.82) is 0 Å². The number of alkyl halides is 3. The van der Waals surface area contributed by atoms with Crippen LogP contribution in [0, 0.1) is 0 Å². The lowest BCUT2D eigenvalue weighted by Gasteiger charge is -2.19. The van der Waals surface area contributed by atoms with Gasteiger partial charge >= 0.3 is 5.63 Å². The lowest BCUT2D eigenvalue weighted by molar-refractivity contribution is 0.323. The van der Waals surface area contributed by atoms with Crippen LogP contribution in [0.1, 0.15) is 16.9 Å². The molecule has 0 fully saturated rings. The second-order valence-electron chi connectivity index (χ2n) is 4.76. The number of hydrogen-bond donors (Lipinski definition) is 0. The smallest absolute Gasteiger partial charge is 0.336 e. The number of para-hydroxylation sites is 1. The van der Waals surface area contributed by atoms with Gasteiger partial charge in [-0.05, 0) is 18.2 Å². The van der Waals surface area contributed by atoms with Gasteiger partial charge in [0, 0.05) is 6.07 Å². The highest BCUT2D eigenvalue weighted by Gasteiger charge is 2.33. The molecule has 1 heterocycles. The Morgan fingerprint density at radius 1 is 0.920 bits per heavy atom. The van der Waals surface area contributed by atoms with Crippen molar-refractivity contribution in [2.45, 2.75) is 3.79 Å². The highest BCUT2D eigenvalue weighted by molar-refractivity contribution is 6.66. The van der Waals surface area contributed by atoms with E-state index in [0.29, 0.717) is 17.1 Å². The molecule has 2 aromatic rings. The van der Waals surface area contributed by atoms with Gasteiger partial charge in [-0.1, -0.05) is 46.9 Å². The molecule has 0 amide bonds. The number of benzene rings is 1. The van der Waals surface area contributed by atoms with Crippen molar-refractivity contribution in [2.75, 3.05) is 21.3 Å². The first kappa shape index (κ1) is 19.5. The molecule has 0 N–H and O–H groups in total. The Bertz CT molecular complexity index is 837. The average Bonchev–Trinajstić information content (AvgIpc) is 2.59. The van der Waals surface area contributed by atoms with Gasteiger partial charge in [0.1, 0.15) is 5.75 Å². The average molecular weight is 406 g/mol. The van der Waals surface area contributed by atoms with E-state index in [1.54, 1.807) is 12.1 Å². The summed E-state index contributed by atoms with van der Waals surface area (Å²) in [5.41, 5.74) is 0.229. The van der Waals surface area contributed by atoms with Gasteiger partial charge in [-0.2, -0.15) is 0 Å². The lowest BCUT2D eigenvalue weighted by atomic mass is 10.1. The molecule has 1 aromatic heterocycles. The Hall–Kier alpha value is -1.82. The second kappa shape index (κ2) is 8.04. The lowest BCUT2D eigenvalue weighted by Crippen LogP contribution is -2.12. The Morgan fingerprint density at radius 2 is 1.52 bits per heavy atom. The van der Waals surface area contributed by atoms with Crippen molar-refractivity contribution < 1.29 is 18.6 Å². The van der Waals surface area contributed by atoms with E-state index in [4.69, 9.17) is 53.4 Å². The van der Waals surface area contributed by atoms with Gasteiger partial charge in [0.2, 0.25) is 3.79 Å². The van der Waals surface area contributed by atoms with E-state index < -0.39 is 9.42 Å². The van der Waals surface area contributed by atoms with E-state index in [0.717, 1.165) is 0 Å². The molecule has 0 spiro atoms. The molecule has 8 heteroatoms. The fraction of sp³-hybridized carbons (Fsp3) is 0.235. The van der Waals surface area contributed by atoms with Crippen LogP contribution in [0.3, 0.4) is 0 Å². The fourth-order valence-corrected chi connectivity index (χ4v) is 2.71. The molecule has 5 nitrogen and oxygen atoms in total. The number of halogens is 3. The first-order valence-corrected chi connectivity index (χ1v) is 8.14. The molecule has 25 heavy (non-hydrogen) atoms. The molecule has 0 unspecified atom stereocenters. The number of methoxy groups -OCH3 is 3. The molecule has 2 rings (SSSR count). The van der Waals surface area contributed by atoms with Gasteiger partial charge in [-0.25, -0.2) is 4.79 Å². The third-order valence-corrected chi connectivity index (χ3v) is 3.82. The summed E-state index contributed by atoms with van der Waals surface area (Å²) in [7, 11) is 4.43. The standard InChI is InChI=1S/C17H15Cl3O5/c1-22-12-7-5-4-6-10(12)14(23-2)15(24-3)11-8-9-13(21)25-16(11)17(18,19)20/h4-9H,1-3H3. The van der Waals surface area contributed by atoms with Gasteiger partial charge < -0.3 is 18.6 Å². The normalized spacial score (nSPS) is 12.4. The summed E-state index contributed by atoms with van der Waals surface area (Å²) < 4.78 is 19.5. The Balaban J connectivity index is 2.81. The van der Waals surface area contributed by atoms with E-state index in [1.807, 2.05) is 12.1 Å². The number of rotatable bonds is 5. The molecule has 0 saturated carbocycles. The van der Waals surface area contributed by atoms with E-state index in [-0.39, 0.29) is 17.1 Å². The van der Waals surface area contributed by atoms with Crippen molar-refractivity contribution in [3.63, 3.8) is 0 Å². The van der Waals surface area contributed by atoms with Crippen LogP contribution >= 0.6 is 34.8 Å². The maximum atomic E-state index is 11.6. The van der Waals surface area contributed by atoms with Gasteiger partial charge in [-0.15, -0.1) is 0 Å². The molecule has 0 radical (unpaired) electrons. The van der Waals surface area contributed by atoms with Crippen LogP contribution in [0.4, 0.5) is 0 Å². The minimum Gasteiger partial charge on any atom is -0.496 e. The zero-order valence-electron chi connectivity index (χ0n) is 13.6. The molecule has 0 aliphatic heterocycles. The van der Waals surface area contributed by atoms with E-state index >= 15 is 0 Å². The molecule has 1 aromatic carbocycles. The topological polar surface area (TPSA) is 57.9 Å². The Kier molecular flexibility index (Phi) is 6.27. The first-order valence-electron chi connectivity index (χ1n) is 7.00. The Morgan fingerprint density at radius 3 is 2.08 bits per heavy atom. The molecule has 0 saturated heterocycles. The Labute approximate surface area is 159 Å². The van der Waals surface area contributed by atoms with Gasteiger partial charge in [0.05, 0.1) is 32.5 Å². The first-order chi connectivity index (χ1) is 11.8. The van der Waals surface area contributed by atoms with Crippen molar-refractivity contribution in [3.8, 4) is 5.75 Å². The molecule has 0 atom stereocenters. The van der Waals surface area contributed by atoms with Gasteiger partial charge in [0.25, 0.3) is 0 Å². The summed E-state index contributed by atoms with van der Waals surface area (Å²) in [6, 6.07) is 9.81. The third kappa shape index (κ3) is 4.24. The highest BCUT2D eigenvalue weighted by atomic mass is 35.6. The monoisotopic (exact) mass is 404 g/mol. The van der Waals surface area contributed by atoms with Crippen LogP contribution in [-0.4, -0.2) is 21.3 Å². The highest BCUT2D eigenvalue weighted by Crippen LogP contribution is 2.43. The predicted molar refractivity (Wildman–Crippen MR) is 98.0 cm³/mol. The zero-order valence-corrected chi connectivity index (χ0v) is 15.9. The molecule has 134 valence electrons. The van der Waals surface area contributed by atoms with Crippen molar-refractivity contribution in [1.82, 2.24) is 0 Å². The third-order valence-electron chi connectivity index (χ3n) is 3.30. The van der Waals surface area contributed by atoms with Crippen LogP contribution in [0.5, 0.6) is 5.75 Å². The summed E-state index contributed by atoms with van der Waals surface area (Å²) in [5.74, 6) is 0.925. The number of ether oxygens (including phenoxy) is 3. The fourth-order valence-electron chi connectivity index (χ4n) is 2.29. The van der Waals surface area contributed by atoms with Crippen molar-refractivity contribution in [3.05, 3.63) is 63.7 Å². The van der Waals surface area contributed by atoms with E-state index in [9.17, 15) is 4.79 Å². The second-order valence-corrected chi connectivity index (χ2v) is 7.04. The summed E-state index contributed by atoms with van der Waals surface area (Å²) in [6.45, 7) is 0. The summed E-state index contributed by atoms with van der Waals surface area (Å²) >= 11 is 17.8. The van der Waals surface area contributed by atoms with Crippen molar-refractivity contribution >= 4 is 46.3 Å². The zero-order chi connectivity index (χ0) is 18.6. The maximum Gasteiger partial charge on any atom is 0.336 e. The largest absolute Gasteiger partial charge is 0.496 e. The van der Waals surface area contributed by atoms with E-state index in [1.165, 1.54) is 33.5 Å². The maximum absolute atomic E-state index is 11.6. The molecular formula is C17H15Cl3O5. The van der Waals surface area contributed by atoms with Crippen LogP contribution in [-0.2, 0) is 13.3 Å².